The van der Waals surface area contributed by atoms with E-state index in [2.05, 4.69) is 24.1 Å². The molecule has 0 spiro atoms. The van der Waals surface area contributed by atoms with Crippen molar-refractivity contribution in [3.05, 3.63) is 0 Å². The molecular weight excluding hydrogens is 304 g/mol. The summed E-state index contributed by atoms with van der Waals surface area (Å²) in [4.78, 5) is 31.1. The molecule has 138 valence electrons. The van der Waals surface area contributed by atoms with Crippen LogP contribution in [-0.4, -0.2) is 84.9 Å². The van der Waals surface area contributed by atoms with Crippen LogP contribution in [0.25, 0.3) is 0 Å². The number of hydrogen-bond donors (Lipinski definition) is 1. The first kappa shape index (κ1) is 19.2. The maximum atomic E-state index is 12.4. The minimum atomic E-state index is 0.130. The second-order valence-corrected chi connectivity index (χ2v) is 6.95. The van der Waals surface area contributed by atoms with Crippen molar-refractivity contribution in [2.75, 3.05) is 52.4 Å². The smallest absolute Gasteiger partial charge is 0.223 e. The van der Waals surface area contributed by atoms with E-state index >= 15 is 0 Å². The minimum absolute atomic E-state index is 0.130. The molecule has 2 aliphatic rings. The van der Waals surface area contributed by atoms with Crippen LogP contribution in [0, 0.1) is 0 Å². The molecule has 0 radical (unpaired) electrons. The van der Waals surface area contributed by atoms with Crippen LogP contribution in [0.2, 0.25) is 0 Å². The van der Waals surface area contributed by atoms with Crippen molar-refractivity contribution >= 4 is 11.8 Å². The van der Waals surface area contributed by atoms with E-state index in [1.54, 1.807) is 0 Å². The number of carbonyl (C=O) groups is 2. The van der Waals surface area contributed by atoms with Crippen LogP contribution in [0.5, 0.6) is 0 Å². The van der Waals surface area contributed by atoms with Crippen LogP contribution in [0.15, 0.2) is 0 Å². The Kier molecular flexibility index (Phi) is 7.99. The molecule has 2 rings (SSSR count). The summed E-state index contributed by atoms with van der Waals surface area (Å²) in [6, 6.07) is 0.503. The van der Waals surface area contributed by atoms with Gasteiger partial charge in [0.15, 0.2) is 0 Å². The molecular formula is C18H34N4O2. The van der Waals surface area contributed by atoms with Gasteiger partial charge < -0.3 is 15.1 Å². The highest BCUT2D eigenvalue weighted by atomic mass is 16.2. The van der Waals surface area contributed by atoms with E-state index in [1.165, 1.54) is 0 Å². The van der Waals surface area contributed by atoms with Crippen LogP contribution in [0.3, 0.4) is 0 Å². The molecule has 1 atom stereocenters. The Bertz CT molecular complexity index is 404. The highest BCUT2D eigenvalue weighted by molar-refractivity contribution is 5.84. The topological polar surface area (TPSA) is 55.9 Å². The predicted molar refractivity (Wildman–Crippen MR) is 95.8 cm³/mol. The summed E-state index contributed by atoms with van der Waals surface area (Å²) >= 11 is 0. The van der Waals surface area contributed by atoms with Gasteiger partial charge in [-0.2, -0.15) is 0 Å². The van der Waals surface area contributed by atoms with E-state index in [0.717, 1.165) is 71.6 Å². The Morgan fingerprint density at radius 3 is 2.33 bits per heavy atom. The monoisotopic (exact) mass is 338 g/mol. The summed E-state index contributed by atoms with van der Waals surface area (Å²) in [5.41, 5.74) is 0. The lowest BCUT2D eigenvalue weighted by Gasteiger charge is -2.32. The molecule has 0 aliphatic carbocycles. The molecule has 2 aliphatic heterocycles. The fourth-order valence-corrected chi connectivity index (χ4v) is 3.74. The van der Waals surface area contributed by atoms with Gasteiger partial charge in [-0.1, -0.05) is 13.8 Å². The van der Waals surface area contributed by atoms with Gasteiger partial charge in [0.25, 0.3) is 0 Å². The highest BCUT2D eigenvalue weighted by Gasteiger charge is 2.30. The first-order chi connectivity index (χ1) is 11.7. The van der Waals surface area contributed by atoms with Crippen LogP contribution in [0.1, 0.15) is 46.0 Å². The quantitative estimate of drug-likeness (QED) is 0.715. The van der Waals surface area contributed by atoms with E-state index in [0.29, 0.717) is 18.9 Å². The Hall–Kier alpha value is -1.14. The number of likely N-dealkylation sites (tertiary alicyclic amines) is 1. The van der Waals surface area contributed by atoms with Crippen LogP contribution >= 0.6 is 0 Å². The van der Waals surface area contributed by atoms with E-state index in [9.17, 15) is 9.59 Å². The molecule has 0 aromatic carbocycles. The number of nitrogens with zero attached hydrogens (tertiary/aromatic N) is 3. The van der Waals surface area contributed by atoms with E-state index < -0.39 is 0 Å². The molecule has 1 unspecified atom stereocenters. The fourth-order valence-electron chi connectivity index (χ4n) is 3.74. The zero-order valence-corrected chi connectivity index (χ0v) is 15.4. The summed E-state index contributed by atoms with van der Waals surface area (Å²) in [7, 11) is 0. The van der Waals surface area contributed by atoms with E-state index in [1.807, 2.05) is 9.80 Å². The maximum Gasteiger partial charge on any atom is 0.223 e. The van der Waals surface area contributed by atoms with Crippen molar-refractivity contribution in [3.8, 4) is 0 Å². The van der Waals surface area contributed by atoms with Crippen molar-refractivity contribution in [1.29, 1.82) is 0 Å². The molecule has 24 heavy (non-hydrogen) atoms. The first-order valence-corrected chi connectivity index (χ1v) is 9.66. The Balaban J connectivity index is 1.73. The molecule has 6 heteroatoms. The number of carbonyl (C=O) groups excluding carboxylic acids is 2. The number of piperazine rings is 1. The third kappa shape index (κ3) is 5.45. The van der Waals surface area contributed by atoms with Crippen LogP contribution < -0.4 is 5.32 Å². The summed E-state index contributed by atoms with van der Waals surface area (Å²) in [5.74, 6) is 0.277. The summed E-state index contributed by atoms with van der Waals surface area (Å²) < 4.78 is 0. The maximum absolute atomic E-state index is 12.4. The van der Waals surface area contributed by atoms with Gasteiger partial charge in [-0.05, 0) is 19.3 Å². The van der Waals surface area contributed by atoms with Gasteiger partial charge >= 0.3 is 0 Å². The molecule has 1 N–H and O–H groups in total. The Morgan fingerprint density at radius 2 is 1.71 bits per heavy atom. The SMILES string of the molecule is CCCN(CCC)C(=O)CCC(=O)N1CCC(N2CCNCC2)C1. The molecule has 2 heterocycles. The average Bonchev–Trinajstić information content (AvgIpc) is 3.10. The van der Waals surface area contributed by atoms with Gasteiger partial charge in [-0.25, -0.2) is 0 Å². The molecule has 0 aromatic rings. The largest absolute Gasteiger partial charge is 0.343 e. The van der Waals surface area contributed by atoms with Crippen LogP contribution in [0.4, 0.5) is 0 Å². The molecule has 0 bridgehead atoms. The lowest BCUT2D eigenvalue weighted by Crippen LogP contribution is -2.49. The van der Waals surface area contributed by atoms with E-state index in [4.69, 9.17) is 0 Å². The number of amides is 2. The third-order valence-electron chi connectivity index (χ3n) is 5.08. The van der Waals surface area contributed by atoms with Crippen LogP contribution in [-0.2, 0) is 9.59 Å². The molecule has 0 aromatic heterocycles. The van der Waals surface area contributed by atoms with E-state index in [-0.39, 0.29) is 11.8 Å². The molecule has 2 saturated heterocycles. The van der Waals surface area contributed by atoms with Gasteiger partial charge in [0.1, 0.15) is 0 Å². The van der Waals surface area contributed by atoms with Crippen molar-refractivity contribution in [3.63, 3.8) is 0 Å². The molecule has 0 saturated carbocycles. The van der Waals surface area contributed by atoms with Crippen molar-refractivity contribution in [2.45, 2.75) is 52.0 Å². The predicted octanol–water partition coefficient (Wildman–Crippen LogP) is 0.921. The Labute approximate surface area is 146 Å². The third-order valence-corrected chi connectivity index (χ3v) is 5.08. The number of nitrogens with one attached hydrogen (secondary N) is 1. The normalized spacial score (nSPS) is 21.9. The van der Waals surface area contributed by atoms with Gasteiger partial charge in [-0.15, -0.1) is 0 Å². The number of rotatable bonds is 8. The minimum Gasteiger partial charge on any atom is -0.343 e. The number of hydrogen-bond acceptors (Lipinski definition) is 4. The van der Waals surface area contributed by atoms with Crippen molar-refractivity contribution in [2.24, 2.45) is 0 Å². The zero-order valence-electron chi connectivity index (χ0n) is 15.4. The Morgan fingerprint density at radius 1 is 1.04 bits per heavy atom. The van der Waals surface area contributed by atoms with Gasteiger partial charge in [0.2, 0.25) is 11.8 Å². The summed E-state index contributed by atoms with van der Waals surface area (Å²) in [5, 5.41) is 3.37. The highest BCUT2D eigenvalue weighted by Crippen LogP contribution is 2.17. The van der Waals surface area contributed by atoms with Crippen molar-refractivity contribution < 1.29 is 9.59 Å². The first-order valence-electron chi connectivity index (χ1n) is 9.66. The lowest BCUT2D eigenvalue weighted by atomic mass is 10.2. The zero-order chi connectivity index (χ0) is 17.4. The second-order valence-electron chi connectivity index (χ2n) is 6.95. The second kappa shape index (κ2) is 9.99. The molecule has 2 amide bonds. The summed E-state index contributed by atoms with van der Waals surface area (Å²) in [6.07, 6.45) is 3.72. The molecule has 2 fully saturated rings. The lowest BCUT2D eigenvalue weighted by molar-refractivity contribution is -0.136. The standard InChI is InChI=1S/C18H34N4O2/c1-3-10-21(11-4-2)17(23)5-6-18(24)22-12-7-16(15-22)20-13-8-19-9-14-20/h16,19H,3-15H2,1-2H3. The van der Waals surface area contributed by atoms with Gasteiger partial charge in [0.05, 0.1) is 0 Å². The fraction of sp³-hybridized carbons (Fsp3) is 0.889. The average molecular weight is 338 g/mol. The van der Waals surface area contributed by atoms with Gasteiger partial charge in [-0.3, -0.25) is 14.5 Å². The summed E-state index contributed by atoms with van der Waals surface area (Å²) in [6.45, 7) is 11.7. The van der Waals surface area contributed by atoms with Crippen molar-refractivity contribution in [1.82, 2.24) is 20.0 Å². The van der Waals surface area contributed by atoms with Gasteiger partial charge in [0, 0.05) is 71.2 Å². The molecule has 6 nitrogen and oxygen atoms in total.